The number of aryl methyl sites for hydroxylation is 3. The monoisotopic (exact) mass is 530 g/mol. The molecule has 1 fully saturated rings. The fourth-order valence-corrected chi connectivity index (χ4v) is 5.65. The van der Waals surface area contributed by atoms with Crippen molar-refractivity contribution in [1.29, 1.82) is 0 Å². The van der Waals surface area contributed by atoms with Gasteiger partial charge in [0.15, 0.2) is 17.4 Å². The van der Waals surface area contributed by atoms with E-state index in [9.17, 15) is 17.6 Å². The smallest absolute Gasteiger partial charge is 0.387 e. The molecule has 0 atom stereocenters. The summed E-state index contributed by atoms with van der Waals surface area (Å²) in [6.07, 6.45) is 14.6. The number of fused-ring (bicyclic) bond motifs is 1. The average Bonchev–Trinajstić information content (AvgIpc) is 2.90. The predicted molar refractivity (Wildman–Crippen MR) is 142 cm³/mol. The van der Waals surface area contributed by atoms with Crippen LogP contribution in [0.2, 0.25) is 0 Å². The average molecular weight is 531 g/mol. The highest BCUT2D eigenvalue weighted by Crippen LogP contribution is 2.34. The Hall–Kier alpha value is -2.89. The first-order valence-corrected chi connectivity index (χ1v) is 13.6. The first kappa shape index (κ1) is 28.1. The van der Waals surface area contributed by atoms with Gasteiger partial charge in [0.25, 0.3) is 0 Å². The Morgan fingerprint density at radius 1 is 0.816 bits per heavy atom. The van der Waals surface area contributed by atoms with Crippen LogP contribution >= 0.6 is 0 Å². The summed E-state index contributed by atoms with van der Waals surface area (Å²) in [4.78, 5) is 0. The predicted octanol–water partition coefficient (Wildman–Crippen LogP) is 9.74. The first-order valence-electron chi connectivity index (χ1n) is 13.6. The van der Waals surface area contributed by atoms with Crippen molar-refractivity contribution in [1.82, 2.24) is 0 Å². The highest BCUT2D eigenvalue weighted by atomic mass is 19.3. The minimum Gasteiger partial charge on any atom is -0.429 e. The van der Waals surface area contributed by atoms with Gasteiger partial charge < -0.3 is 4.74 Å². The molecule has 6 heteroatoms. The molecule has 3 aromatic rings. The number of hydrogen-bond donors (Lipinski definition) is 0. The van der Waals surface area contributed by atoms with Gasteiger partial charge in [-0.25, -0.2) is 13.2 Å². The van der Waals surface area contributed by atoms with Crippen molar-refractivity contribution in [3.05, 3.63) is 88.8 Å². The number of benzene rings is 3. The fraction of sp³-hybridized carbons (Fsp3) is 0.438. The summed E-state index contributed by atoms with van der Waals surface area (Å²) in [7, 11) is 0. The van der Waals surface area contributed by atoms with Crippen LogP contribution in [0.25, 0.3) is 10.8 Å². The molecule has 1 aliphatic rings. The van der Waals surface area contributed by atoms with Gasteiger partial charge in [0.2, 0.25) is 0 Å². The third-order valence-electron chi connectivity index (χ3n) is 7.83. The summed E-state index contributed by atoms with van der Waals surface area (Å²) in [6, 6.07) is 11.3. The molecular formula is C32H35F5O. The molecule has 0 aliphatic heterocycles. The minimum absolute atomic E-state index is 0.154. The molecule has 0 heterocycles. The number of halogens is 5. The van der Waals surface area contributed by atoms with Gasteiger partial charge in [-0.1, -0.05) is 68.2 Å². The van der Waals surface area contributed by atoms with E-state index in [4.69, 9.17) is 0 Å². The van der Waals surface area contributed by atoms with E-state index in [2.05, 4.69) is 29.9 Å². The number of alkyl halides is 2. The number of hydrogen-bond acceptors (Lipinski definition) is 1. The van der Waals surface area contributed by atoms with Gasteiger partial charge in [-0.05, 0) is 91.5 Å². The lowest BCUT2D eigenvalue weighted by Gasteiger charge is -2.28. The van der Waals surface area contributed by atoms with Crippen LogP contribution in [0, 0.1) is 29.3 Å². The van der Waals surface area contributed by atoms with Crippen molar-refractivity contribution in [2.24, 2.45) is 11.8 Å². The molecule has 0 spiro atoms. The van der Waals surface area contributed by atoms with Crippen LogP contribution in [0.15, 0.2) is 54.6 Å². The highest BCUT2D eigenvalue weighted by Gasteiger charge is 2.21. The van der Waals surface area contributed by atoms with E-state index in [1.165, 1.54) is 44.1 Å². The van der Waals surface area contributed by atoms with Crippen LogP contribution in [0.4, 0.5) is 22.0 Å². The lowest BCUT2D eigenvalue weighted by atomic mass is 9.78. The van der Waals surface area contributed by atoms with Crippen LogP contribution in [0.1, 0.15) is 68.6 Å². The maximum absolute atomic E-state index is 15.2. The van der Waals surface area contributed by atoms with E-state index in [0.717, 1.165) is 42.2 Å². The summed E-state index contributed by atoms with van der Waals surface area (Å²) in [5.41, 5.74) is 1.88. The zero-order chi connectivity index (χ0) is 27.1. The molecule has 1 nitrogen and oxygen atoms in total. The molecular weight excluding hydrogens is 495 g/mol. The molecule has 38 heavy (non-hydrogen) atoms. The summed E-state index contributed by atoms with van der Waals surface area (Å²) < 4.78 is 71.8. The van der Waals surface area contributed by atoms with Gasteiger partial charge >= 0.3 is 6.61 Å². The van der Waals surface area contributed by atoms with Crippen molar-refractivity contribution in [2.75, 3.05) is 0 Å². The van der Waals surface area contributed by atoms with Crippen molar-refractivity contribution in [2.45, 2.75) is 77.7 Å². The van der Waals surface area contributed by atoms with E-state index in [1.807, 2.05) is 18.2 Å². The lowest BCUT2D eigenvalue weighted by molar-refractivity contribution is -0.0546. The normalized spacial score (nSPS) is 18.1. The zero-order valence-electron chi connectivity index (χ0n) is 21.8. The molecule has 0 saturated heterocycles. The molecule has 4 rings (SSSR count). The fourth-order valence-electron chi connectivity index (χ4n) is 5.65. The van der Waals surface area contributed by atoms with Crippen LogP contribution in [0.5, 0.6) is 5.75 Å². The summed E-state index contributed by atoms with van der Waals surface area (Å²) in [6.45, 7) is -1.25. The summed E-state index contributed by atoms with van der Waals surface area (Å²) >= 11 is 0. The Morgan fingerprint density at radius 3 is 2.16 bits per heavy atom. The van der Waals surface area contributed by atoms with Crippen LogP contribution in [-0.4, -0.2) is 6.61 Å². The van der Waals surface area contributed by atoms with Gasteiger partial charge in [-0.15, -0.1) is 0 Å². The molecule has 3 aromatic carbocycles. The third-order valence-corrected chi connectivity index (χ3v) is 7.83. The van der Waals surface area contributed by atoms with Crippen LogP contribution < -0.4 is 4.74 Å². The van der Waals surface area contributed by atoms with Gasteiger partial charge in [-0.3, -0.25) is 0 Å². The summed E-state index contributed by atoms with van der Waals surface area (Å²) in [5, 5.41) is 1.35. The standard InChI is InChI=1S/C32H35F5O/c1-2-3-4-5-21-6-8-22(9-7-21)10-11-23-13-17-27-26(18-23)16-15-25(30(27)35)14-12-24-19-28(33)31(29(34)20-24)38-32(36)37/h2-3,13,15-22,32H,4-12,14H2,1H3/b3-2+. The van der Waals surface area contributed by atoms with Gasteiger partial charge in [0.05, 0.1) is 0 Å². The Labute approximate surface area is 221 Å². The molecule has 204 valence electrons. The highest BCUT2D eigenvalue weighted by molar-refractivity contribution is 5.84. The molecule has 1 aliphatic carbocycles. The van der Waals surface area contributed by atoms with Crippen molar-refractivity contribution in [3.8, 4) is 5.75 Å². The second kappa shape index (κ2) is 13.3. The SMILES string of the molecule is C/C=C/CCC1CCC(CCc2ccc3c(F)c(CCc4cc(F)c(OC(F)F)c(F)c4)ccc3c2)CC1. The number of ether oxygens (including phenoxy) is 1. The Morgan fingerprint density at radius 2 is 1.50 bits per heavy atom. The van der Waals surface area contributed by atoms with E-state index in [0.29, 0.717) is 10.9 Å². The van der Waals surface area contributed by atoms with Gasteiger partial charge in [-0.2, -0.15) is 8.78 Å². The van der Waals surface area contributed by atoms with Crippen LogP contribution in [-0.2, 0) is 19.3 Å². The Kier molecular flexibility index (Phi) is 9.81. The van der Waals surface area contributed by atoms with Gasteiger partial charge in [0.1, 0.15) is 5.82 Å². The van der Waals surface area contributed by atoms with E-state index in [1.54, 1.807) is 6.07 Å². The largest absolute Gasteiger partial charge is 0.429 e. The minimum atomic E-state index is -3.32. The molecule has 0 unspecified atom stereocenters. The maximum Gasteiger partial charge on any atom is 0.387 e. The maximum atomic E-state index is 15.2. The second-order valence-corrected chi connectivity index (χ2v) is 10.4. The topological polar surface area (TPSA) is 9.23 Å². The van der Waals surface area contributed by atoms with Crippen molar-refractivity contribution in [3.63, 3.8) is 0 Å². The van der Waals surface area contributed by atoms with Crippen molar-refractivity contribution >= 4 is 10.8 Å². The van der Waals surface area contributed by atoms with E-state index < -0.39 is 24.0 Å². The quantitative estimate of drug-likeness (QED) is 0.177. The molecule has 1 saturated carbocycles. The Balaban J connectivity index is 1.33. The van der Waals surface area contributed by atoms with Crippen molar-refractivity contribution < 1.29 is 26.7 Å². The van der Waals surface area contributed by atoms with Crippen LogP contribution in [0.3, 0.4) is 0 Å². The number of rotatable bonds is 11. The summed E-state index contributed by atoms with van der Waals surface area (Å²) in [5.74, 6) is -2.24. The molecule has 0 N–H and O–H groups in total. The molecule has 0 aromatic heterocycles. The first-order chi connectivity index (χ1) is 18.3. The molecule has 0 radical (unpaired) electrons. The van der Waals surface area contributed by atoms with E-state index >= 15 is 4.39 Å². The second-order valence-electron chi connectivity index (χ2n) is 10.4. The molecule has 0 bridgehead atoms. The third kappa shape index (κ3) is 7.36. The van der Waals surface area contributed by atoms with Gasteiger partial charge in [0, 0.05) is 5.39 Å². The number of allylic oxidation sites excluding steroid dienone is 2. The zero-order valence-corrected chi connectivity index (χ0v) is 21.8. The molecule has 0 amide bonds. The van der Waals surface area contributed by atoms with E-state index in [-0.39, 0.29) is 24.2 Å². The lowest BCUT2D eigenvalue weighted by Crippen LogP contribution is -2.15. The Bertz CT molecular complexity index is 1220.